The number of benzene rings is 3. The summed E-state index contributed by atoms with van der Waals surface area (Å²) in [4.78, 5) is 59.3. The number of ether oxygens (including phenoxy) is 2. The van der Waals surface area contributed by atoms with Gasteiger partial charge in [0.15, 0.2) is 5.75 Å². The largest absolute Gasteiger partial charge is 0.492 e. The maximum absolute atomic E-state index is 15.1. The van der Waals surface area contributed by atoms with Gasteiger partial charge in [0.05, 0.1) is 33.7 Å². The van der Waals surface area contributed by atoms with Crippen molar-refractivity contribution >= 4 is 92.1 Å². The van der Waals surface area contributed by atoms with Gasteiger partial charge in [-0.25, -0.2) is 9.37 Å². The SMILES string of the molecule is CCOc1cc(N2CCC(N3CCN(CCc4cc(F)cc(N(C)C5CCC(=O)NC5=O)c4OC=O)CC3)CC2)c(CC)cc1Nc1ncc(Br)c(Nc2ccc3nc(CC)ccc3c2P(C)(C)=O)n1. The Morgan fingerprint density at radius 3 is 2.39 bits per heavy atom. The Labute approximate surface area is 417 Å². The monoisotopic (exact) mass is 1040 g/mol. The van der Waals surface area contributed by atoms with Gasteiger partial charge in [-0.05, 0) is 111 Å². The average Bonchev–Trinajstić information content (AvgIpc) is 3.34. The molecule has 0 spiro atoms. The summed E-state index contributed by atoms with van der Waals surface area (Å²) >= 11 is 3.63. The molecule has 3 N–H and O–H groups in total. The fourth-order valence-electron chi connectivity index (χ4n) is 10.0. The standard InChI is InChI=1S/C51H63BrFN10O6P/c1-7-32-27-41(57-51-54-30-38(52)49(59-51)56-40-13-12-39-37(48(40)70(5,6)67)11-10-35(8-2)55-39)45(68-9-3)29-43(32)63-20-17-36(18-21-63)62-24-22-61(23-25-62)19-16-33-26-34(53)28-44(47(33)69-31-64)60(4)42-14-15-46(65)58-50(42)66/h10-13,26-31,36,42H,7-9,14-25H2,1-6H3,(H,58,65,66)(H2,54,56,57,59). The van der Waals surface area contributed by atoms with Crippen molar-refractivity contribution in [3.63, 3.8) is 0 Å². The number of halogens is 2. The number of pyridine rings is 1. The van der Waals surface area contributed by atoms with E-state index >= 15 is 4.39 Å². The molecule has 3 fully saturated rings. The van der Waals surface area contributed by atoms with E-state index in [0.29, 0.717) is 71.0 Å². The van der Waals surface area contributed by atoms with E-state index in [1.165, 1.54) is 17.7 Å². The molecule has 0 bridgehead atoms. The first-order chi connectivity index (χ1) is 33.7. The lowest BCUT2D eigenvalue weighted by atomic mass is 9.99. The quantitative estimate of drug-likeness (QED) is 0.0441. The number of aryl methyl sites for hydroxylation is 2. The molecule has 3 saturated heterocycles. The third kappa shape index (κ3) is 11.4. The molecule has 5 aromatic rings. The average molecular weight is 1040 g/mol. The summed E-state index contributed by atoms with van der Waals surface area (Å²) in [6.07, 6.45) is 6.28. The summed E-state index contributed by atoms with van der Waals surface area (Å²) in [5.74, 6) is 0.543. The van der Waals surface area contributed by atoms with Crippen molar-refractivity contribution in [3.05, 3.63) is 81.8 Å². The van der Waals surface area contributed by atoms with Gasteiger partial charge in [-0.1, -0.05) is 19.9 Å². The molecule has 70 heavy (non-hydrogen) atoms. The first-order valence-corrected chi connectivity index (χ1v) is 27.6. The summed E-state index contributed by atoms with van der Waals surface area (Å²) < 4.78 is 41.2. The number of piperidine rings is 2. The Balaban J connectivity index is 0.895. The van der Waals surface area contributed by atoms with Gasteiger partial charge in [0.1, 0.15) is 30.6 Å². The number of fused-ring (bicyclic) bond motifs is 1. The maximum atomic E-state index is 15.1. The number of imide groups is 1. The van der Waals surface area contributed by atoms with Crippen LogP contribution in [-0.4, -0.2) is 128 Å². The van der Waals surface area contributed by atoms with Crippen molar-refractivity contribution < 1.29 is 32.8 Å². The second-order valence-corrected chi connectivity index (χ2v) is 22.5. The Morgan fingerprint density at radius 2 is 1.70 bits per heavy atom. The van der Waals surface area contributed by atoms with E-state index in [0.717, 1.165) is 98.2 Å². The van der Waals surface area contributed by atoms with Crippen LogP contribution in [0.5, 0.6) is 11.5 Å². The van der Waals surface area contributed by atoms with E-state index in [2.05, 4.69) is 77.5 Å². The van der Waals surface area contributed by atoms with Gasteiger partial charge in [-0.2, -0.15) is 4.98 Å². The van der Waals surface area contributed by atoms with E-state index in [9.17, 15) is 18.9 Å². The van der Waals surface area contributed by atoms with Crippen LogP contribution in [0.1, 0.15) is 63.3 Å². The van der Waals surface area contributed by atoms with Crippen LogP contribution >= 0.6 is 23.1 Å². The van der Waals surface area contributed by atoms with Crippen LogP contribution in [0, 0.1) is 5.82 Å². The molecule has 2 aromatic heterocycles. The van der Waals surface area contributed by atoms with Gasteiger partial charge in [0.2, 0.25) is 17.8 Å². The molecule has 0 saturated carbocycles. The Kier molecular flexibility index (Phi) is 16.1. The van der Waals surface area contributed by atoms with Crippen molar-refractivity contribution in [3.8, 4) is 11.5 Å². The van der Waals surface area contributed by atoms with Gasteiger partial charge < -0.3 is 39.4 Å². The van der Waals surface area contributed by atoms with E-state index in [-0.39, 0.29) is 24.5 Å². The van der Waals surface area contributed by atoms with Gasteiger partial charge >= 0.3 is 0 Å². The predicted molar refractivity (Wildman–Crippen MR) is 278 cm³/mol. The lowest BCUT2D eigenvalue weighted by Crippen LogP contribution is -2.53. The number of amides is 2. The number of carbonyl (C=O) groups is 3. The van der Waals surface area contributed by atoms with E-state index in [1.54, 1.807) is 31.5 Å². The maximum Gasteiger partial charge on any atom is 0.298 e. The number of nitrogens with zero attached hydrogens (tertiary/aromatic N) is 7. The highest BCUT2D eigenvalue weighted by atomic mass is 79.9. The van der Waals surface area contributed by atoms with Crippen LogP contribution in [0.15, 0.2) is 59.2 Å². The summed E-state index contributed by atoms with van der Waals surface area (Å²) in [7, 11) is -1.11. The predicted octanol–water partition coefficient (Wildman–Crippen LogP) is 7.79. The lowest BCUT2D eigenvalue weighted by Gasteiger charge is -2.43. The molecule has 2 amide bonds. The normalized spacial score (nSPS) is 17.4. The number of likely N-dealkylation sites (N-methyl/N-ethyl adjacent to an activating group) is 1. The molecule has 8 rings (SSSR count). The highest BCUT2D eigenvalue weighted by molar-refractivity contribution is 9.10. The van der Waals surface area contributed by atoms with Crippen molar-refractivity contribution in [1.82, 2.24) is 30.1 Å². The molecule has 3 aliphatic rings. The molecular weight excluding hydrogens is 979 g/mol. The summed E-state index contributed by atoms with van der Waals surface area (Å²) in [6, 6.07) is 14.6. The number of aromatic nitrogens is 3. The van der Waals surface area contributed by atoms with Crippen molar-refractivity contribution in [2.24, 2.45) is 0 Å². The molecule has 19 heteroatoms. The first-order valence-electron chi connectivity index (χ1n) is 24.2. The van der Waals surface area contributed by atoms with Crippen molar-refractivity contribution in [2.45, 2.75) is 77.8 Å². The molecule has 0 aliphatic carbocycles. The highest BCUT2D eigenvalue weighted by Gasteiger charge is 2.33. The second-order valence-electron chi connectivity index (χ2n) is 18.5. The fraction of sp³-hybridized carbons (Fsp3) is 0.451. The number of anilines is 6. The Bertz CT molecular complexity index is 2800. The molecule has 1 unspecified atom stereocenters. The zero-order valence-electron chi connectivity index (χ0n) is 40.8. The van der Waals surface area contributed by atoms with E-state index in [4.69, 9.17) is 19.4 Å². The second kappa shape index (κ2) is 22.2. The van der Waals surface area contributed by atoms with E-state index < -0.39 is 24.9 Å². The molecule has 1 atom stereocenters. The number of nitrogens with one attached hydrogen (secondary N) is 3. The first kappa shape index (κ1) is 50.7. The topological polar surface area (TPSA) is 174 Å². The highest BCUT2D eigenvalue weighted by Crippen LogP contribution is 2.43. The summed E-state index contributed by atoms with van der Waals surface area (Å²) in [5.41, 5.74) is 6.44. The van der Waals surface area contributed by atoms with Crippen LogP contribution < -0.4 is 40.5 Å². The third-order valence-electron chi connectivity index (χ3n) is 13.7. The van der Waals surface area contributed by atoms with Gasteiger partial charge in [-0.3, -0.25) is 29.6 Å². The van der Waals surface area contributed by atoms with Gasteiger partial charge in [0.25, 0.3) is 6.47 Å². The van der Waals surface area contributed by atoms with Crippen LogP contribution in [0.4, 0.5) is 38.9 Å². The minimum Gasteiger partial charge on any atom is -0.492 e. The Morgan fingerprint density at radius 1 is 0.929 bits per heavy atom. The van der Waals surface area contributed by atoms with Crippen LogP contribution in [0.25, 0.3) is 10.9 Å². The smallest absolute Gasteiger partial charge is 0.298 e. The summed E-state index contributed by atoms with van der Waals surface area (Å²) in [6.45, 7) is 16.6. The molecular formula is C51H63BrFN10O6P. The van der Waals surface area contributed by atoms with Crippen molar-refractivity contribution in [2.75, 3.05) is 93.2 Å². The molecule has 5 heterocycles. The van der Waals surface area contributed by atoms with Crippen LogP contribution in [0.2, 0.25) is 0 Å². The lowest BCUT2D eigenvalue weighted by molar-refractivity contribution is -0.134. The van der Waals surface area contributed by atoms with E-state index in [1.807, 2.05) is 31.2 Å². The molecule has 3 aromatic carbocycles. The van der Waals surface area contributed by atoms with Gasteiger partial charge in [-0.15, -0.1) is 0 Å². The fourth-order valence-corrected chi connectivity index (χ4v) is 11.8. The number of hydrogen-bond donors (Lipinski definition) is 3. The molecule has 0 radical (unpaired) electrons. The number of carbonyl (C=O) groups excluding carboxylic acids is 3. The molecule has 3 aliphatic heterocycles. The number of hydrogen-bond acceptors (Lipinski definition) is 15. The zero-order chi connectivity index (χ0) is 49.7. The van der Waals surface area contributed by atoms with Crippen LogP contribution in [-0.2, 0) is 38.2 Å². The van der Waals surface area contributed by atoms with Gasteiger partial charge in [0, 0.05) is 111 Å². The zero-order valence-corrected chi connectivity index (χ0v) is 43.3. The Hall–Kier alpha value is -5.68. The number of rotatable bonds is 18. The third-order valence-corrected chi connectivity index (χ3v) is 15.8. The minimum absolute atomic E-state index is 0.171. The molecule has 16 nitrogen and oxygen atoms in total. The van der Waals surface area contributed by atoms with Crippen molar-refractivity contribution in [1.29, 1.82) is 0 Å². The van der Waals surface area contributed by atoms with Crippen LogP contribution in [0.3, 0.4) is 0 Å². The minimum atomic E-state index is -2.76. The number of piperazine rings is 1. The molecule has 372 valence electrons. The summed E-state index contributed by atoms with van der Waals surface area (Å²) in [5, 5.41) is 10.8.